The van der Waals surface area contributed by atoms with Crippen LogP contribution in [0, 0.1) is 11.8 Å². The maximum atomic E-state index is 11.1. The molecule has 20 heavy (non-hydrogen) atoms. The molecule has 0 aromatic heterocycles. The van der Waals surface area contributed by atoms with Crippen LogP contribution in [0.2, 0.25) is 5.02 Å². The number of carbonyl (C=O) groups is 1. The van der Waals surface area contributed by atoms with Crippen molar-refractivity contribution in [3.8, 4) is 11.8 Å². The Morgan fingerprint density at radius 1 is 1.00 bits per heavy atom. The van der Waals surface area contributed by atoms with Crippen molar-refractivity contribution in [2.24, 2.45) is 0 Å². The first-order valence-corrected chi connectivity index (χ1v) is 6.48. The Bertz CT molecular complexity index is 646. The SMILES string of the molecule is COC(=O)Cc1ccc(C#Cc2ccc(Cl)cc2)cc1. The first-order valence-electron chi connectivity index (χ1n) is 6.11. The summed E-state index contributed by atoms with van der Waals surface area (Å²) in [6.07, 6.45) is 0.279. The van der Waals surface area contributed by atoms with Gasteiger partial charge in [0.2, 0.25) is 0 Å². The summed E-state index contributed by atoms with van der Waals surface area (Å²) in [6, 6.07) is 14.9. The summed E-state index contributed by atoms with van der Waals surface area (Å²) in [5.74, 6) is 5.88. The highest BCUT2D eigenvalue weighted by Gasteiger charge is 2.01. The molecule has 0 bridgehead atoms. The number of esters is 1. The van der Waals surface area contributed by atoms with Gasteiger partial charge in [0.25, 0.3) is 0 Å². The second kappa shape index (κ2) is 6.79. The van der Waals surface area contributed by atoms with Crippen LogP contribution in [0.4, 0.5) is 0 Å². The summed E-state index contributed by atoms with van der Waals surface area (Å²) in [5, 5.41) is 0.697. The summed E-state index contributed by atoms with van der Waals surface area (Å²) < 4.78 is 4.62. The van der Waals surface area contributed by atoms with E-state index >= 15 is 0 Å². The van der Waals surface area contributed by atoms with Gasteiger partial charge in [0, 0.05) is 16.1 Å². The fraction of sp³-hybridized carbons (Fsp3) is 0.118. The quantitative estimate of drug-likeness (QED) is 0.624. The van der Waals surface area contributed by atoms with Crippen LogP contribution < -0.4 is 0 Å². The Balaban J connectivity index is 2.07. The minimum Gasteiger partial charge on any atom is -0.469 e. The lowest BCUT2D eigenvalue weighted by atomic mass is 10.1. The Morgan fingerprint density at radius 3 is 2.00 bits per heavy atom. The van der Waals surface area contributed by atoms with E-state index in [9.17, 15) is 4.79 Å². The molecule has 3 heteroatoms. The van der Waals surface area contributed by atoms with Gasteiger partial charge in [0.05, 0.1) is 13.5 Å². The van der Waals surface area contributed by atoms with Gasteiger partial charge in [0.15, 0.2) is 0 Å². The van der Waals surface area contributed by atoms with Crippen LogP contribution >= 0.6 is 11.6 Å². The van der Waals surface area contributed by atoms with Crippen molar-refractivity contribution in [3.63, 3.8) is 0 Å². The van der Waals surface area contributed by atoms with E-state index in [4.69, 9.17) is 11.6 Å². The molecule has 0 fully saturated rings. The van der Waals surface area contributed by atoms with Crippen molar-refractivity contribution in [2.75, 3.05) is 7.11 Å². The van der Waals surface area contributed by atoms with E-state index in [0.29, 0.717) is 5.02 Å². The zero-order chi connectivity index (χ0) is 14.4. The molecular formula is C17H13ClO2. The maximum Gasteiger partial charge on any atom is 0.309 e. The molecule has 100 valence electrons. The van der Waals surface area contributed by atoms with Gasteiger partial charge in [-0.1, -0.05) is 35.6 Å². The summed E-state index contributed by atoms with van der Waals surface area (Å²) in [7, 11) is 1.38. The van der Waals surface area contributed by atoms with Gasteiger partial charge in [-0.3, -0.25) is 4.79 Å². The zero-order valence-electron chi connectivity index (χ0n) is 11.0. The largest absolute Gasteiger partial charge is 0.469 e. The molecule has 0 radical (unpaired) electrons. The number of methoxy groups -OCH3 is 1. The van der Waals surface area contributed by atoms with E-state index < -0.39 is 0 Å². The van der Waals surface area contributed by atoms with Crippen molar-refractivity contribution in [1.82, 2.24) is 0 Å². The number of hydrogen-bond donors (Lipinski definition) is 0. The molecule has 0 unspecified atom stereocenters. The highest BCUT2D eigenvalue weighted by Crippen LogP contribution is 2.09. The van der Waals surface area contributed by atoms with Gasteiger partial charge in [0.1, 0.15) is 0 Å². The number of benzene rings is 2. The summed E-state index contributed by atoms with van der Waals surface area (Å²) >= 11 is 5.81. The lowest BCUT2D eigenvalue weighted by Gasteiger charge is -1.99. The molecule has 0 aliphatic heterocycles. The molecule has 0 heterocycles. The van der Waals surface area contributed by atoms with Gasteiger partial charge in [-0.2, -0.15) is 0 Å². The third-order valence-electron chi connectivity index (χ3n) is 2.73. The Morgan fingerprint density at radius 2 is 1.50 bits per heavy atom. The average Bonchev–Trinajstić information content (AvgIpc) is 2.48. The predicted molar refractivity (Wildman–Crippen MR) is 79.6 cm³/mol. The minimum atomic E-state index is -0.245. The second-order valence-corrected chi connectivity index (χ2v) is 4.64. The molecule has 0 amide bonds. The van der Waals surface area contributed by atoms with Gasteiger partial charge in [-0.05, 0) is 42.0 Å². The van der Waals surface area contributed by atoms with Crippen LogP contribution in [0.25, 0.3) is 0 Å². The van der Waals surface area contributed by atoms with E-state index in [1.807, 2.05) is 48.5 Å². The predicted octanol–water partition coefficient (Wildman–Crippen LogP) is 3.46. The molecule has 0 saturated carbocycles. The molecule has 0 saturated heterocycles. The van der Waals surface area contributed by atoms with Crippen LogP contribution in [-0.2, 0) is 16.0 Å². The second-order valence-electron chi connectivity index (χ2n) is 4.21. The fourth-order valence-corrected chi connectivity index (χ4v) is 1.75. The van der Waals surface area contributed by atoms with Gasteiger partial charge >= 0.3 is 5.97 Å². The van der Waals surface area contributed by atoms with Crippen LogP contribution in [0.15, 0.2) is 48.5 Å². The molecule has 0 aliphatic carbocycles. The van der Waals surface area contributed by atoms with E-state index in [1.165, 1.54) is 7.11 Å². The Hall–Kier alpha value is -2.24. The number of rotatable bonds is 2. The average molecular weight is 285 g/mol. The van der Waals surface area contributed by atoms with Gasteiger partial charge < -0.3 is 4.74 Å². The molecule has 0 spiro atoms. The van der Waals surface area contributed by atoms with Crippen molar-refractivity contribution in [3.05, 3.63) is 70.2 Å². The standard InChI is InChI=1S/C17H13ClO2/c1-20-17(19)12-15-6-4-13(5-7-15)2-3-14-8-10-16(18)11-9-14/h4-11H,12H2,1H3. The number of ether oxygens (including phenoxy) is 1. The van der Waals surface area contributed by atoms with Crippen molar-refractivity contribution >= 4 is 17.6 Å². The monoisotopic (exact) mass is 284 g/mol. The van der Waals surface area contributed by atoms with E-state index in [-0.39, 0.29) is 12.4 Å². The topological polar surface area (TPSA) is 26.3 Å². The van der Waals surface area contributed by atoms with E-state index in [2.05, 4.69) is 16.6 Å². The van der Waals surface area contributed by atoms with Crippen LogP contribution in [0.5, 0.6) is 0 Å². The first kappa shape index (κ1) is 14.2. The molecular weight excluding hydrogens is 272 g/mol. The Kier molecular flexibility index (Phi) is 4.81. The van der Waals surface area contributed by atoms with Gasteiger partial charge in [-0.25, -0.2) is 0 Å². The van der Waals surface area contributed by atoms with Crippen LogP contribution in [0.1, 0.15) is 16.7 Å². The van der Waals surface area contributed by atoms with Crippen molar-refractivity contribution in [2.45, 2.75) is 6.42 Å². The summed E-state index contributed by atoms with van der Waals surface area (Å²) in [5.41, 5.74) is 2.72. The lowest BCUT2D eigenvalue weighted by molar-refractivity contribution is -0.139. The highest BCUT2D eigenvalue weighted by atomic mass is 35.5. The molecule has 2 nitrogen and oxygen atoms in total. The number of halogens is 1. The highest BCUT2D eigenvalue weighted by molar-refractivity contribution is 6.30. The number of carbonyl (C=O) groups excluding carboxylic acids is 1. The van der Waals surface area contributed by atoms with E-state index in [0.717, 1.165) is 16.7 Å². The molecule has 0 aliphatic rings. The zero-order valence-corrected chi connectivity index (χ0v) is 11.8. The van der Waals surface area contributed by atoms with E-state index in [1.54, 1.807) is 0 Å². The first-order chi connectivity index (χ1) is 9.67. The van der Waals surface area contributed by atoms with Crippen molar-refractivity contribution < 1.29 is 9.53 Å². The fourth-order valence-electron chi connectivity index (χ4n) is 1.62. The molecule has 2 rings (SSSR count). The summed E-state index contributed by atoms with van der Waals surface area (Å²) in [4.78, 5) is 11.1. The minimum absolute atomic E-state index is 0.245. The van der Waals surface area contributed by atoms with Gasteiger partial charge in [-0.15, -0.1) is 0 Å². The van der Waals surface area contributed by atoms with Crippen LogP contribution in [-0.4, -0.2) is 13.1 Å². The lowest BCUT2D eigenvalue weighted by Crippen LogP contribution is -2.04. The third-order valence-corrected chi connectivity index (χ3v) is 2.98. The third kappa shape index (κ3) is 4.15. The Labute approximate surface area is 123 Å². The number of hydrogen-bond acceptors (Lipinski definition) is 2. The van der Waals surface area contributed by atoms with Crippen molar-refractivity contribution in [1.29, 1.82) is 0 Å². The molecule has 2 aromatic rings. The van der Waals surface area contributed by atoms with Crippen LogP contribution in [0.3, 0.4) is 0 Å². The molecule has 0 atom stereocenters. The summed E-state index contributed by atoms with van der Waals surface area (Å²) in [6.45, 7) is 0. The molecule has 2 aromatic carbocycles. The smallest absolute Gasteiger partial charge is 0.309 e. The normalized spacial score (nSPS) is 9.50. The molecule has 0 N–H and O–H groups in total. The maximum absolute atomic E-state index is 11.1.